The maximum atomic E-state index is 14.1. The van der Waals surface area contributed by atoms with Crippen LogP contribution in [0.25, 0.3) is 17.0 Å². The molecule has 34 heavy (non-hydrogen) atoms. The molecule has 1 saturated heterocycles. The lowest BCUT2D eigenvalue weighted by Gasteiger charge is -2.27. The molecular weight excluding hydrogens is 446 g/mol. The second kappa shape index (κ2) is 9.14. The SMILES string of the molecule is COc1cccc2c1nc(C(F)F)n2-c1nc(Nc2ccc(C)nc2)nc(N2CCOCC2)n1. The maximum absolute atomic E-state index is 14.1. The summed E-state index contributed by atoms with van der Waals surface area (Å²) in [4.78, 5) is 23.9. The summed E-state index contributed by atoms with van der Waals surface area (Å²) in [6, 6.07) is 8.72. The number of aromatic nitrogens is 6. The summed E-state index contributed by atoms with van der Waals surface area (Å²) in [5.41, 5.74) is 2.21. The highest BCUT2D eigenvalue weighted by Crippen LogP contribution is 2.32. The lowest BCUT2D eigenvalue weighted by Crippen LogP contribution is -2.37. The topological polar surface area (TPSA) is 103 Å². The molecule has 0 bridgehead atoms. The highest BCUT2D eigenvalue weighted by atomic mass is 19.3. The number of fused-ring (bicyclic) bond motifs is 1. The van der Waals surface area contributed by atoms with Crippen LogP contribution in [0.3, 0.4) is 0 Å². The zero-order chi connectivity index (χ0) is 23.7. The molecule has 0 saturated carbocycles. The smallest absolute Gasteiger partial charge is 0.296 e. The van der Waals surface area contributed by atoms with E-state index in [1.807, 2.05) is 24.0 Å². The molecule has 0 aliphatic carbocycles. The Morgan fingerprint density at radius 2 is 1.82 bits per heavy atom. The first-order valence-corrected chi connectivity index (χ1v) is 10.7. The predicted molar refractivity (Wildman–Crippen MR) is 121 cm³/mol. The van der Waals surface area contributed by atoms with Crippen molar-refractivity contribution in [1.82, 2.24) is 29.5 Å². The van der Waals surface area contributed by atoms with Gasteiger partial charge in [-0.3, -0.25) is 9.55 Å². The first-order valence-electron chi connectivity index (χ1n) is 10.7. The van der Waals surface area contributed by atoms with Crippen molar-refractivity contribution in [2.24, 2.45) is 0 Å². The van der Waals surface area contributed by atoms with E-state index in [1.54, 1.807) is 24.4 Å². The molecule has 0 spiro atoms. The molecule has 1 aliphatic rings. The highest BCUT2D eigenvalue weighted by molar-refractivity contribution is 5.84. The average molecular weight is 468 g/mol. The summed E-state index contributed by atoms with van der Waals surface area (Å²) in [6.45, 7) is 4.04. The number of hydrogen-bond acceptors (Lipinski definition) is 9. The number of benzene rings is 1. The van der Waals surface area contributed by atoms with E-state index in [4.69, 9.17) is 9.47 Å². The Bertz CT molecular complexity index is 1310. The van der Waals surface area contributed by atoms with Crippen molar-refractivity contribution in [2.75, 3.05) is 43.6 Å². The fourth-order valence-electron chi connectivity index (χ4n) is 3.70. The number of methoxy groups -OCH3 is 1. The Labute approximate surface area is 193 Å². The molecule has 1 N–H and O–H groups in total. The van der Waals surface area contributed by atoms with Gasteiger partial charge < -0.3 is 19.7 Å². The number of ether oxygens (including phenoxy) is 2. The van der Waals surface area contributed by atoms with E-state index in [9.17, 15) is 8.78 Å². The second-order valence-corrected chi connectivity index (χ2v) is 7.61. The van der Waals surface area contributed by atoms with Crippen LogP contribution < -0.4 is 15.0 Å². The van der Waals surface area contributed by atoms with Gasteiger partial charge in [0.25, 0.3) is 6.43 Å². The van der Waals surface area contributed by atoms with Gasteiger partial charge in [0.2, 0.25) is 17.8 Å². The quantitative estimate of drug-likeness (QED) is 0.456. The molecule has 5 rings (SSSR count). The fraction of sp³-hybridized carbons (Fsp3) is 0.318. The van der Waals surface area contributed by atoms with E-state index in [0.29, 0.717) is 54.7 Å². The molecule has 0 amide bonds. The van der Waals surface area contributed by atoms with Crippen molar-refractivity contribution >= 4 is 28.6 Å². The third-order valence-corrected chi connectivity index (χ3v) is 5.36. The first-order chi connectivity index (χ1) is 16.5. The van der Waals surface area contributed by atoms with Gasteiger partial charge in [-0.05, 0) is 31.2 Å². The number of pyridine rings is 1. The summed E-state index contributed by atoms with van der Waals surface area (Å²) in [7, 11) is 1.47. The van der Waals surface area contributed by atoms with Gasteiger partial charge >= 0.3 is 0 Å². The third-order valence-electron chi connectivity index (χ3n) is 5.36. The number of nitrogens with one attached hydrogen (secondary N) is 1. The molecule has 10 nitrogen and oxygen atoms in total. The number of imidazole rings is 1. The second-order valence-electron chi connectivity index (χ2n) is 7.61. The predicted octanol–water partition coefficient (Wildman–Crippen LogP) is 3.44. The monoisotopic (exact) mass is 468 g/mol. The molecule has 3 aromatic heterocycles. The fourth-order valence-corrected chi connectivity index (χ4v) is 3.70. The number of alkyl halides is 2. The standard InChI is InChI=1S/C22H22F2N8O2/c1-13-6-7-14(12-25-13)26-20-28-21(31-8-10-34-11-9-31)30-22(29-20)32-15-4-3-5-16(33-2)17(15)27-19(32)18(23)24/h3-7,12,18H,8-11H2,1-2H3,(H,26,28,29,30). The van der Waals surface area contributed by atoms with Crippen LogP contribution in [0.2, 0.25) is 0 Å². The molecular formula is C22H22F2N8O2. The van der Waals surface area contributed by atoms with Crippen LogP contribution in [-0.4, -0.2) is 62.9 Å². The maximum Gasteiger partial charge on any atom is 0.296 e. The number of hydrogen-bond donors (Lipinski definition) is 1. The Balaban J connectivity index is 1.68. The molecule has 0 unspecified atom stereocenters. The molecule has 1 aromatic carbocycles. The lowest BCUT2D eigenvalue weighted by atomic mass is 10.3. The van der Waals surface area contributed by atoms with E-state index in [2.05, 4.69) is 30.2 Å². The van der Waals surface area contributed by atoms with Crippen LogP contribution in [0, 0.1) is 6.92 Å². The normalized spacial score (nSPS) is 14.1. The molecule has 1 aliphatic heterocycles. The van der Waals surface area contributed by atoms with Crippen molar-refractivity contribution in [2.45, 2.75) is 13.3 Å². The van der Waals surface area contributed by atoms with Crippen LogP contribution in [0.5, 0.6) is 5.75 Å². The van der Waals surface area contributed by atoms with Gasteiger partial charge in [0.05, 0.1) is 37.7 Å². The first kappa shape index (κ1) is 21.9. The zero-order valence-electron chi connectivity index (χ0n) is 18.6. The number of halogens is 2. The van der Waals surface area contributed by atoms with Gasteiger partial charge in [-0.15, -0.1) is 0 Å². The van der Waals surface area contributed by atoms with Gasteiger partial charge in [-0.25, -0.2) is 13.8 Å². The van der Waals surface area contributed by atoms with Gasteiger partial charge in [0.15, 0.2) is 5.82 Å². The van der Waals surface area contributed by atoms with Crippen LogP contribution >= 0.6 is 0 Å². The minimum atomic E-state index is -2.86. The highest BCUT2D eigenvalue weighted by Gasteiger charge is 2.25. The number of rotatable bonds is 6. The molecule has 0 atom stereocenters. The van der Waals surface area contributed by atoms with Crippen LogP contribution in [-0.2, 0) is 4.74 Å². The van der Waals surface area contributed by atoms with E-state index in [0.717, 1.165) is 5.69 Å². The average Bonchev–Trinajstić information content (AvgIpc) is 3.26. The van der Waals surface area contributed by atoms with E-state index in [1.165, 1.54) is 11.7 Å². The molecule has 4 aromatic rings. The lowest BCUT2D eigenvalue weighted by molar-refractivity contribution is 0.122. The molecule has 4 heterocycles. The minimum absolute atomic E-state index is 0.0186. The molecule has 12 heteroatoms. The Hall–Kier alpha value is -3.93. The van der Waals surface area contributed by atoms with Gasteiger partial charge in [-0.1, -0.05) is 6.07 Å². The molecule has 0 radical (unpaired) electrons. The Morgan fingerprint density at radius 3 is 2.53 bits per heavy atom. The van der Waals surface area contributed by atoms with Crippen molar-refractivity contribution in [1.29, 1.82) is 0 Å². The van der Waals surface area contributed by atoms with Crippen LogP contribution in [0.4, 0.5) is 26.4 Å². The summed E-state index contributed by atoms with van der Waals surface area (Å²) in [5.74, 6) is 0.458. The largest absolute Gasteiger partial charge is 0.494 e. The summed E-state index contributed by atoms with van der Waals surface area (Å²) in [5, 5.41) is 3.10. The van der Waals surface area contributed by atoms with Crippen LogP contribution in [0.15, 0.2) is 36.5 Å². The van der Waals surface area contributed by atoms with Crippen molar-refractivity contribution in [3.8, 4) is 11.7 Å². The number of aryl methyl sites for hydroxylation is 1. The van der Waals surface area contributed by atoms with Crippen LogP contribution in [0.1, 0.15) is 17.9 Å². The van der Waals surface area contributed by atoms with E-state index in [-0.39, 0.29) is 11.9 Å². The van der Waals surface area contributed by atoms with Gasteiger partial charge in [0.1, 0.15) is 11.3 Å². The minimum Gasteiger partial charge on any atom is -0.494 e. The summed E-state index contributed by atoms with van der Waals surface area (Å²) >= 11 is 0. The number of nitrogens with zero attached hydrogens (tertiary/aromatic N) is 7. The van der Waals surface area contributed by atoms with Gasteiger partial charge in [-0.2, -0.15) is 15.0 Å². The van der Waals surface area contributed by atoms with Gasteiger partial charge in [0, 0.05) is 18.8 Å². The third kappa shape index (κ3) is 4.19. The summed E-state index contributed by atoms with van der Waals surface area (Å²) in [6.07, 6.45) is -1.21. The Kier molecular flexibility index (Phi) is 5.88. The zero-order valence-corrected chi connectivity index (χ0v) is 18.6. The van der Waals surface area contributed by atoms with Crippen molar-refractivity contribution < 1.29 is 18.3 Å². The molecule has 1 fully saturated rings. The van der Waals surface area contributed by atoms with Crippen molar-refractivity contribution in [3.05, 3.63) is 48.0 Å². The number of morpholine rings is 1. The molecule has 176 valence electrons. The summed E-state index contributed by atoms with van der Waals surface area (Å²) < 4.78 is 40.2. The Morgan fingerprint density at radius 1 is 1.03 bits per heavy atom. The number of anilines is 3. The van der Waals surface area contributed by atoms with E-state index >= 15 is 0 Å². The number of para-hydroxylation sites is 1. The van der Waals surface area contributed by atoms with Crippen molar-refractivity contribution in [3.63, 3.8) is 0 Å². The van der Waals surface area contributed by atoms with E-state index < -0.39 is 12.2 Å².